The number of phenolic OH excluding ortho intramolecular Hbond substituents is 1. The van der Waals surface area contributed by atoms with Crippen molar-refractivity contribution in [2.75, 3.05) is 20.8 Å². The summed E-state index contributed by atoms with van der Waals surface area (Å²) in [6.45, 7) is 2.16. The third kappa shape index (κ3) is 7.34. The van der Waals surface area contributed by atoms with E-state index >= 15 is 0 Å². The third-order valence-electron chi connectivity index (χ3n) is 5.00. The van der Waals surface area contributed by atoms with Crippen LogP contribution in [-0.2, 0) is 4.79 Å². The first-order chi connectivity index (χ1) is 17.9. The summed E-state index contributed by atoms with van der Waals surface area (Å²) in [5.74, 6) is 0.0997. The minimum atomic E-state index is -0.673. The molecule has 0 bridgehead atoms. The molecule has 0 saturated heterocycles. The Balaban J connectivity index is 1.90. The van der Waals surface area contributed by atoms with Crippen LogP contribution in [0, 0.1) is 0 Å². The quantitative estimate of drug-likeness (QED) is 0.189. The van der Waals surface area contributed by atoms with Gasteiger partial charge in [0.15, 0.2) is 11.5 Å². The average molecular weight is 568 g/mol. The van der Waals surface area contributed by atoms with Gasteiger partial charge >= 0.3 is 0 Å². The number of nitrogens with zero attached hydrogens (tertiary/aromatic N) is 1. The summed E-state index contributed by atoms with van der Waals surface area (Å²) in [6, 6.07) is 16.8. The molecule has 0 aliphatic heterocycles. The molecule has 3 aromatic carbocycles. The van der Waals surface area contributed by atoms with E-state index in [9.17, 15) is 14.7 Å². The predicted molar refractivity (Wildman–Crippen MR) is 144 cm³/mol. The van der Waals surface area contributed by atoms with E-state index in [2.05, 4.69) is 31.8 Å². The second-order valence-corrected chi connectivity index (χ2v) is 8.32. The van der Waals surface area contributed by atoms with Gasteiger partial charge in [0.05, 0.1) is 31.5 Å². The number of ether oxygens (including phenoxy) is 3. The van der Waals surface area contributed by atoms with Gasteiger partial charge in [0.2, 0.25) is 0 Å². The molecule has 0 unspecified atom stereocenters. The van der Waals surface area contributed by atoms with Crippen molar-refractivity contribution in [2.24, 2.45) is 5.10 Å². The molecule has 192 valence electrons. The summed E-state index contributed by atoms with van der Waals surface area (Å²) in [5, 5.41) is 16.7. The molecule has 0 atom stereocenters. The lowest BCUT2D eigenvalue weighted by molar-refractivity contribution is -0.117. The first kappa shape index (κ1) is 27.3. The summed E-state index contributed by atoms with van der Waals surface area (Å²) in [5.41, 5.74) is 3.79. The number of carbonyl (C=O) groups excluding carboxylic acids is 2. The smallest absolute Gasteiger partial charge is 0.287 e. The fourth-order valence-electron chi connectivity index (χ4n) is 3.21. The van der Waals surface area contributed by atoms with Crippen molar-refractivity contribution in [3.8, 4) is 23.0 Å². The maximum Gasteiger partial charge on any atom is 0.287 e. The van der Waals surface area contributed by atoms with Gasteiger partial charge in [-0.05, 0) is 77.0 Å². The van der Waals surface area contributed by atoms with Crippen LogP contribution in [0.1, 0.15) is 28.4 Å². The van der Waals surface area contributed by atoms with Crippen LogP contribution in [0.4, 0.5) is 0 Å². The van der Waals surface area contributed by atoms with E-state index < -0.39 is 11.8 Å². The highest BCUT2D eigenvalue weighted by Gasteiger charge is 2.16. The van der Waals surface area contributed by atoms with Crippen LogP contribution < -0.4 is 25.0 Å². The van der Waals surface area contributed by atoms with Gasteiger partial charge in [0.25, 0.3) is 11.8 Å². The van der Waals surface area contributed by atoms with Crippen LogP contribution >= 0.6 is 15.9 Å². The molecule has 3 rings (SSSR count). The number of nitrogens with one attached hydrogen (secondary N) is 2. The zero-order valence-corrected chi connectivity index (χ0v) is 22.0. The van der Waals surface area contributed by atoms with Crippen molar-refractivity contribution in [1.29, 1.82) is 0 Å². The average Bonchev–Trinajstić information content (AvgIpc) is 2.91. The number of rotatable bonds is 10. The van der Waals surface area contributed by atoms with Gasteiger partial charge in [-0.3, -0.25) is 9.59 Å². The number of halogens is 1. The Morgan fingerprint density at radius 1 is 1.03 bits per heavy atom. The number of methoxy groups -OCH3 is 2. The molecule has 2 amide bonds. The van der Waals surface area contributed by atoms with Gasteiger partial charge in [0, 0.05) is 11.1 Å². The fraction of sp³-hybridized carbons (Fsp3) is 0.148. The molecule has 3 N–H and O–H groups in total. The van der Waals surface area contributed by atoms with Crippen LogP contribution in [0.5, 0.6) is 23.0 Å². The number of benzene rings is 3. The van der Waals surface area contributed by atoms with Crippen molar-refractivity contribution >= 4 is 40.0 Å². The Kier molecular flexibility index (Phi) is 9.68. The predicted octanol–water partition coefficient (Wildman–Crippen LogP) is 4.49. The highest BCUT2D eigenvalue weighted by atomic mass is 79.9. The third-order valence-corrected chi connectivity index (χ3v) is 5.60. The van der Waals surface area contributed by atoms with Gasteiger partial charge < -0.3 is 24.6 Å². The highest BCUT2D eigenvalue weighted by molar-refractivity contribution is 9.10. The molecular formula is C27H26BrN3O6. The molecule has 0 saturated carbocycles. The van der Waals surface area contributed by atoms with E-state index in [0.717, 1.165) is 0 Å². The van der Waals surface area contributed by atoms with Crippen LogP contribution in [0.3, 0.4) is 0 Å². The second-order valence-electron chi connectivity index (χ2n) is 7.47. The Bertz CT molecular complexity index is 1330. The number of hydrogen-bond donors (Lipinski definition) is 3. The summed E-state index contributed by atoms with van der Waals surface area (Å²) in [7, 11) is 3.02. The molecule has 9 nitrogen and oxygen atoms in total. The Hall–Kier alpha value is -4.31. The number of hydrazone groups is 1. The molecule has 0 aliphatic rings. The molecule has 0 fully saturated rings. The Labute approximate surface area is 222 Å². The normalized spacial score (nSPS) is 11.2. The van der Waals surface area contributed by atoms with Crippen LogP contribution in [0.25, 0.3) is 6.08 Å². The SMILES string of the molecule is CCOc1cc(/C=N\NC(=O)/C(=C/c2cc(OC)ccc2OC)NC(=O)c2ccccc2)cc(Br)c1O. The lowest BCUT2D eigenvalue weighted by Crippen LogP contribution is -2.32. The van der Waals surface area contributed by atoms with Gasteiger partial charge in [-0.25, -0.2) is 5.43 Å². The number of carbonyl (C=O) groups is 2. The minimum absolute atomic E-state index is 0.0379. The maximum absolute atomic E-state index is 13.1. The molecule has 10 heteroatoms. The van der Waals surface area contributed by atoms with Gasteiger partial charge in [-0.15, -0.1) is 0 Å². The van der Waals surface area contributed by atoms with Crippen LogP contribution in [0.2, 0.25) is 0 Å². The number of hydrogen-bond acceptors (Lipinski definition) is 7. The molecule has 0 aromatic heterocycles. The summed E-state index contributed by atoms with van der Waals surface area (Å²) in [6.07, 6.45) is 2.85. The summed E-state index contributed by atoms with van der Waals surface area (Å²) in [4.78, 5) is 25.9. The van der Waals surface area contributed by atoms with E-state index in [1.807, 2.05) is 0 Å². The number of aromatic hydroxyl groups is 1. The van der Waals surface area contributed by atoms with Crippen molar-refractivity contribution in [3.05, 3.63) is 87.5 Å². The summed E-state index contributed by atoms with van der Waals surface area (Å²) < 4.78 is 16.5. The molecule has 3 aromatic rings. The lowest BCUT2D eigenvalue weighted by Gasteiger charge is -2.12. The van der Waals surface area contributed by atoms with E-state index in [1.54, 1.807) is 67.6 Å². The van der Waals surface area contributed by atoms with E-state index in [-0.39, 0.29) is 17.2 Å². The molecule has 0 heterocycles. The van der Waals surface area contributed by atoms with Gasteiger partial charge in [-0.2, -0.15) is 5.10 Å². The summed E-state index contributed by atoms with van der Waals surface area (Å²) >= 11 is 3.26. The van der Waals surface area contributed by atoms with E-state index in [4.69, 9.17) is 14.2 Å². The lowest BCUT2D eigenvalue weighted by atomic mass is 10.1. The largest absolute Gasteiger partial charge is 0.503 e. The Morgan fingerprint density at radius 2 is 1.78 bits per heavy atom. The molecule has 37 heavy (non-hydrogen) atoms. The van der Waals surface area contributed by atoms with E-state index in [1.165, 1.54) is 26.5 Å². The number of phenols is 1. The number of amides is 2. The first-order valence-corrected chi connectivity index (χ1v) is 11.9. The Morgan fingerprint density at radius 3 is 2.46 bits per heavy atom. The maximum atomic E-state index is 13.1. The van der Waals surface area contributed by atoms with Crippen LogP contribution in [-0.4, -0.2) is 44.0 Å². The molecule has 0 spiro atoms. The molecular weight excluding hydrogens is 542 g/mol. The van der Waals surface area contributed by atoms with E-state index in [0.29, 0.717) is 39.3 Å². The van der Waals surface area contributed by atoms with Crippen molar-refractivity contribution in [2.45, 2.75) is 6.92 Å². The monoisotopic (exact) mass is 567 g/mol. The van der Waals surface area contributed by atoms with Gasteiger partial charge in [0.1, 0.15) is 17.2 Å². The molecule has 0 aliphatic carbocycles. The first-order valence-electron chi connectivity index (χ1n) is 11.1. The topological polar surface area (TPSA) is 118 Å². The van der Waals surface area contributed by atoms with Crippen LogP contribution in [0.15, 0.2) is 75.9 Å². The second kappa shape index (κ2) is 13.1. The fourth-order valence-corrected chi connectivity index (χ4v) is 3.67. The standard InChI is InChI=1S/C27H26BrN3O6/c1-4-37-24-13-17(12-21(28)25(24)32)16-29-31-27(34)22(30-26(33)18-8-6-5-7-9-18)15-19-14-20(35-2)10-11-23(19)36-3/h5-16,32H,4H2,1-3H3,(H,30,33)(H,31,34)/b22-15-,29-16-. The van der Waals surface area contributed by atoms with Crippen molar-refractivity contribution in [3.63, 3.8) is 0 Å². The zero-order chi connectivity index (χ0) is 26.8. The molecule has 0 radical (unpaired) electrons. The van der Waals surface area contributed by atoms with Gasteiger partial charge in [-0.1, -0.05) is 18.2 Å². The minimum Gasteiger partial charge on any atom is -0.503 e. The highest BCUT2D eigenvalue weighted by Crippen LogP contribution is 2.35. The zero-order valence-electron chi connectivity index (χ0n) is 20.4. The van der Waals surface area contributed by atoms with Crippen molar-refractivity contribution < 1.29 is 28.9 Å². The van der Waals surface area contributed by atoms with Crippen molar-refractivity contribution in [1.82, 2.24) is 10.7 Å².